The first kappa shape index (κ1) is 23.1. The maximum absolute atomic E-state index is 13.3. The Bertz CT molecular complexity index is 1200. The molecule has 3 aromatic rings. The monoisotopic (exact) mass is 474 g/mol. The Morgan fingerprint density at radius 2 is 1.83 bits per heavy atom. The molecule has 35 heavy (non-hydrogen) atoms. The van der Waals surface area contributed by atoms with E-state index < -0.39 is 0 Å². The number of benzene rings is 2. The van der Waals surface area contributed by atoms with E-state index >= 15 is 0 Å². The van der Waals surface area contributed by atoms with Crippen molar-refractivity contribution in [3.63, 3.8) is 0 Å². The number of para-hydroxylation sites is 1. The number of methoxy groups -OCH3 is 2. The fourth-order valence-corrected chi connectivity index (χ4v) is 5.77. The molecule has 8 heteroatoms. The number of piperidine rings is 1. The minimum absolute atomic E-state index is 0.0825. The van der Waals surface area contributed by atoms with E-state index in [1.54, 1.807) is 49.6 Å². The zero-order valence-corrected chi connectivity index (χ0v) is 20.0. The van der Waals surface area contributed by atoms with E-state index in [-0.39, 0.29) is 35.9 Å². The minimum atomic E-state index is -0.304. The van der Waals surface area contributed by atoms with Gasteiger partial charge in [0.2, 0.25) is 5.91 Å². The number of rotatable bonds is 6. The lowest BCUT2D eigenvalue weighted by Gasteiger charge is -2.44. The minimum Gasteiger partial charge on any atom is -0.496 e. The highest BCUT2D eigenvalue weighted by atomic mass is 16.5. The lowest BCUT2D eigenvalue weighted by atomic mass is 9.72. The highest BCUT2D eigenvalue weighted by Crippen LogP contribution is 2.52. The summed E-state index contributed by atoms with van der Waals surface area (Å²) in [4.78, 5) is 32.1. The van der Waals surface area contributed by atoms with Crippen molar-refractivity contribution in [2.24, 2.45) is 0 Å². The van der Waals surface area contributed by atoms with Crippen LogP contribution >= 0.6 is 0 Å². The number of imidazole rings is 1. The fraction of sp³-hybridized carbons (Fsp3) is 0.370. The fourth-order valence-electron chi connectivity index (χ4n) is 5.77. The molecule has 2 heterocycles. The quantitative estimate of drug-likeness (QED) is 0.594. The molecule has 1 spiro atoms. The van der Waals surface area contributed by atoms with Crippen molar-refractivity contribution in [2.75, 3.05) is 27.3 Å². The number of nitrogens with one attached hydrogen (secondary N) is 1. The molecule has 0 radical (unpaired) electrons. The highest BCUT2D eigenvalue weighted by Gasteiger charge is 2.54. The van der Waals surface area contributed by atoms with Gasteiger partial charge in [-0.2, -0.15) is 0 Å². The topological polar surface area (TPSA) is 85.7 Å². The predicted octanol–water partition coefficient (Wildman–Crippen LogP) is 2.95. The first-order chi connectivity index (χ1) is 17.1. The number of carbonyl (C=O) groups is 2. The average Bonchev–Trinajstić information content (AvgIpc) is 3.49. The van der Waals surface area contributed by atoms with Gasteiger partial charge in [-0.1, -0.05) is 36.4 Å². The molecule has 8 nitrogen and oxygen atoms in total. The summed E-state index contributed by atoms with van der Waals surface area (Å²) < 4.78 is 13.3. The Kier molecular flexibility index (Phi) is 6.30. The van der Waals surface area contributed by atoms with Crippen LogP contribution in [0.25, 0.3) is 0 Å². The maximum atomic E-state index is 13.3. The Morgan fingerprint density at radius 1 is 1.09 bits per heavy atom. The van der Waals surface area contributed by atoms with Crippen molar-refractivity contribution in [1.29, 1.82) is 0 Å². The van der Waals surface area contributed by atoms with Crippen molar-refractivity contribution < 1.29 is 19.1 Å². The number of fused-ring (bicyclic) bond motifs is 2. The molecule has 0 unspecified atom stereocenters. The number of hydrogen-bond donors (Lipinski definition) is 1. The van der Waals surface area contributed by atoms with E-state index in [9.17, 15) is 9.59 Å². The van der Waals surface area contributed by atoms with Gasteiger partial charge in [-0.05, 0) is 36.1 Å². The summed E-state index contributed by atoms with van der Waals surface area (Å²) in [5.41, 5.74) is 2.47. The van der Waals surface area contributed by atoms with Crippen LogP contribution in [0.15, 0.2) is 67.3 Å². The zero-order valence-electron chi connectivity index (χ0n) is 20.0. The van der Waals surface area contributed by atoms with E-state index in [0.29, 0.717) is 24.4 Å². The largest absolute Gasteiger partial charge is 0.496 e. The molecule has 1 aliphatic carbocycles. The van der Waals surface area contributed by atoms with Crippen LogP contribution in [0, 0.1) is 0 Å². The van der Waals surface area contributed by atoms with Crippen molar-refractivity contribution >= 4 is 11.8 Å². The molecule has 1 aromatic heterocycles. The molecule has 2 atom stereocenters. The lowest BCUT2D eigenvalue weighted by Crippen LogP contribution is -2.52. The number of amides is 2. The van der Waals surface area contributed by atoms with Crippen molar-refractivity contribution in [2.45, 2.75) is 36.9 Å². The first-order valence-electron chi connectivity index (χ1n) is 11.9. The average molecular weight is 475 g/mol. The Morgan fingerprint density at radius 3 is 2.54 bits per heavy atom. The number of aromatic nitrogens is 2. The van der Waals surface area contributed by atoms with E-state index in [0.717, 1.165) is 18.4 Å². The Hall–Kier alpha value is -3.65. The predicted molar refractivity (Wildman–Crippen MR) is 130 cm³/mol. The molecule has 1 saturated heterocycles. The maximum Gasteiger partial charge on any atom is 0.255 e. The van der Waals surface area contributed by atoms with Crippen LogP contribution in [0.2, 0.25) is 0 Å². The summed E-state index contributed by atoms with van der Waals surface area (Å²) >= 11 is 0. The van der Waals surface area contributed by atoms with Crippen LogP contribution in [-0.4, -0.2) is 59.7 Å². The molecule has 2 amide bonds. The van der Waals surface area contributed by atoms with Crippen LogP contribution in [0.3, 0.4) is 0 Å². The van der Waals surface area contributed by atoms with Gasteiger partial charge in [-0.25, -0.2) is 4.98 Å². The van der Waals surface area contributed by atoms with E-state index in [1.165, 1.54) is 5.56 Å². The third-order valence-electron chi connectivity index (χ3n) is 7.46. The number of likely N-dealkylation sites (tertiary alicyclic amines) is 1. The molecule has 5 rings (SSSR count). The smallest absolute Gasteiger partial charge is 0.255 e. The number of carbonyl (C=O) groups excluding carboxylic acids is 2. The van der Waals surface area contributed by atoms with Gasteiger partial charge in [0.1, 0.15) is 12.3 Å². The SMILES string of the molecule is COc1ccccc1C(=O)N[C@H]1c2ccccc2C2(CCN(C(=O)Cn3ccnc3)CC2)[C@@H]1OC. The summed E-state index contributed by atoms with van der Waals surface area (Å²) in [6.45, 7) is 1.55. The third kappa shape index (κ3) is 4.08. The van der Waals surface area contributed by atoms with E-state index in [2.05, 4.69) is 22.4 Å². The van der Waals surface area contributed by atoms with Gasteiger partial charge in [-0.15, -0.1) is 0 Å². The molecule has 2 aromatic carbocycles. The molecule has 0 saturated carbocycles. The summed E-state index contributed by atoms with van der Waals surface area (Å²) in [7, 11) is 3.27. The Balaban J connectivity index is 1.39. The third-order valence-corrected chi connectivity index (χ3v) is 7.46. The van der Waals surface area contributed by atoms with Crippen LogP contribution in [0.5, 0.6) is 5.75 Å². The van der Waals surface area contributed by atoms with Crippen LogP contribution in [0.4, 0.5) is 0 Å². The first-order valence-corrected chi connectivity index (χ1v) is 11.9. The van der Waals surface area contributed by atoms with Crippen LogP contribution < -0.4 is 10.1 Å². The molecule has 2 aliphatic rings. The van der Waals surface area contributed by atoms with Crippen LogP contribution in [-0.2, 0) is 21.5 Å². The van der Waals surface area contributed by atoms with Gasteiger partial charge < -0.3 is 24.3 Å². The van der Waals surface area contributed by atoms with Gasteiger partial charge in [0.15, 0.2) is 0 Å². The van der Waals surface area contributed by atoms with Crippen molar-refractivity contribution in [3.05, 3.63) is 83.9 Å². The summed E-state index contributed by atoms with van der Waals surface area (Å²) in [6.07, 6.45) is 6.41. The van der Waals surface area contributed by atoms with Gasteiger partial charge >= 0.3 is 0 Å². The van der Waals surface area contributed by atoms with Crippen molar-refractivity contribution in [1.82, 2.24) is 19.8 Å². The van der Waals surface area contributed by atoms with Crippen molar-refractivity contribution in [3.8, 4) is 5.75 Å². The molecule has 1 fully saturated rings. The number of ether oxygens (including phenoxy) is 2. The summed E-state index contributed by atoms with van der Waals surface area (Å²) in [5, 5.41) is 3.23. The lowest BCUT2D eigenvalue weighted by molar-refractivity contribution is -0.134. The van der Waals surface area contributed by atoms with Gasteiger partial charge in [0.05, 0.1) is 31.1 Å². The second-order valence-corrected chi connectivity index (χ2v) is 9.17. The normalized spacial score (nSPS) is 20.5. The number of nitrogens with zero attached hydrogens (tertiary/aromatic N) is 3. The second kappa shape index (κ2) is 9.54. The molecular weight excluding hydrogens is 444 g/mol. The standard InChI is InChI=1S/C27H30N4O4/c1-34-22-10-6-4-8-20(22)26(33)29-24-19-7-3-5-9-21(19)27(25(24)35-2)11-14-31(15-12-27)23(32)17-30-16-13-28-18-30/h3-10,13,16,18,24-25H,11-12,14-15,17H2,1-2H3,(H,29,33)/t24-,25+/m0/s1. The zero-order chi connectivity index (χ0) is 24.4. The summed E-state index contributed by atoms with van der Waals surface area (Å²) in [5.74, 6) is 0.415. The molecule has 1 N–H and O–H groups in total. The molecular formula is C27H30N4O4. The van der Waals surface area contributed by atoms with Gasteiger partial charge in [0, 0.05) is 38.0 Å². The number of hydrogen-bond acceptors (Lipinski definition) is 5. The molecule has 1 aliphatic heterocycles. The van der Waals surface area contributed by atoms with Gasteiger partial charge in [-0.3, -0.25) is 9.59 Å². The van der Waals surface area contributed by atoms with Crippen LogP contribution in [0.1, 0.15) is 40.4 Å². The van der Waals surface area contributed by atoms with E-state index in [1.807, 2.05) is 29.2 Å². The molecule has 182 valence electrons. The Labute approximate surface area is 204 Å². The van der Waals surface area contributed by atoms with E-state index in [4.69, 9.17) is 9.47 Å². The summed E-state index contributed by atoms with van der Waals surface area (Å²) in [6, 6.07) is 15.1. The highest BCUT2D eigenvalue weighted by molar-refractivity contribution is 5.97. The second-order valence-electron chi connectivity index (χ2n) is 9.17. The molecule has 0 bridgehead atoms. The van der Waals surface area contributed by atoms with Gasteiger partial charge in [0.25, 0.3) is 5.91 Å².